The number of carboxylic acids is 1. The summed E-state index contributed by atoms with van der Waals surface area (Å²) in [5.74, 6) is -0.739. The van der Waals surface area contributed by atoms with E-state index in [-0.39, 0.29) is 18.5 Å². The van der Waals surface area contributed by atoms with Crippen LogP contribution in [0.15, 0.2) is 36.5 Å². The molecule has 4 heteroatoms. The molecule has 1 N–H and O–H groups in total. The number of hydrogen-bond donors (Lipinski definition) is 1. The Balaban J connectivity index is 3.96. The van der Waals surface area contributed by atoms with Crippen molar-refractivity contribution in [2.75, 3.05) is 0 Å². The maximum atomic E-state index is 12.7. The fraction of sp³-hybridized carbons (Fsp3) is 0.822. The lowest BCUT2D eigenvalue weighted by atomic mass is 10.0. The summed E-state index contributed by atoms with van der Waals surface area (Å²) in [6.45, 7) is 4.53. The molecule has 0 aromatic carbocycles. The molecule has 0 rings (SSSR count). The standard InChI is InChI=1S/C45H82O4/c1-3-5-7-9-11-13-14-15-16-17-18-19-20-21-22-23-24-26-28-34-38-42-45(48)49-43(39-35-31-27-25-12-10-8-6-4-2)40-36-32-29-30-33-37-41-44(46)47/h14-15,17-18,35,39,43H,3-13,16,19-34,36-38,40-42H2,1-2H3,(H,46,47)/b15-14-,18-17-,39-35-. The molecule has 1 atom stereocenters. The lowest BCUT2D eigenvalue weighted by molar-refractivity contribution is -0.147. The molecule has 0 saturated carbocycles. The number of hydrogen-bond acceptors (Lipinski definition) is 3. The van der Waals surface area contributed by atoms with Crippen LogP contribution in [0, 0.1) is 0 Å². The molecule has 0 saturated heterocycles. The molecular weight excluding hydrogens is 604 g/mol. The molecule has 0 aromatic heterocycles. The Hall–Kier alpha value is -1.84. The van der Waals surface area contributed by atoms with Crippen LogP contribution in [0.4, 0.5) is 0 Å². The molecule has 1 unspecified atom stereocenters. The van der Waals surface area contributed by atoms with Crippen molar-refractivity contribution >= 4 is 11.9 Å². The van der Waals surface area contributed by atoms with E-state index in [1.165, 1.54) is 135 Å². The maximum Gasteiger partial charge on any atom is 0.306 e. The van der Waals surface area contributed by atoms with Gasteiger partial charge in [-0.3, -0.25) is 9.59 Å². The molecule has 0 aromatic rings. The van der Waals surface area contributed by atoms with E-state index in [2.05, 4.69) is 50.3 Å². The first-order chi connectivity index (χ1) is 24.1. The molecule has 0 spiro atoms. The summed E-state index contributed by atoms with van der Waals surface area (Å²) in [5.41, 5.74) is 0. The third-order valence-electron chi connectivity index (χ3n) is 9.57. The summed E-state index contributed by atoms with van der Waals surface area (Å²) in [6, 6.07) is 0. The number of unbranched alkanes of at least 4 members (excludes halogenated alkanes) is 26. The van der Waals surface area contributed by atoms with Crippen LogP contribution in [0.1, 0.15) is 232 Å². The lowest BCUT2D eigenvalue weighted by Gasteiger charge is -2.15. The minimum Gasteiger partial charge on any atom is -0.481 e. The second-order valence-corrected chi connectivity index (χ2v) is 14.5. The molecule has 0 fully saturated rings. The maximum absolute atomic E-state index is 12.7. The Bertz CT molecular complexity index is 783. The molecule has 4 nitrogen and oxygen atoms in total. The van der Waals surface area contributed by atoms with E-state index in [0.717, 1.165) is 70.6 Å². The molecule has 49 heavy (non-hydrogen) atoms. The first-order valence-corrected chi connectivity index (χ1v) is 21.5. The third kappa shape index (κ3) is 40.5. The van der Waals surface area contributed by atoms with Crippen LogP contribution < -0.4 is 0 Å². The summed E-state index contributed by atoms with van der Waals surface area (Å²) in [5, 5.41) is 8.79. The average molecular weight is 687 g/mol. The first kappa shape index (κ1) is 47.2. The number of ether oxygens (including phenoxy) is 1. The third-order valence-corrected chi connectivity index (χ3v) is 9.57. The van der Waals surface area contributed by atoms with E-state index in [0.29, 0.717) is 6.42 Å². The van der Waals surface area contributed by atoms with Gasteiger partial charge in [-0.05, 0) is 76.7 Å². The first-order valence-electron chi connectivity index (χ1n) is 21.5. The van der Waals surface area contributed by atoms with Gasteiger partial charge in [0.25, 0.3) is 0 Å². The number of rotatable bonds is 39. The topological polar surface area (TPSA) is 63.6 Å². The van der Waals surface area contributed by atoms with E-state index in [1.807, 2.05) is 0 Å². The fourth-order valence-corrected chi connectivity index (χ4v) is 6.36. The summed E-state index contributed by atoms with van der Waals surface area (Å²) in [7, 11) is 0. The van der Waals surface area contributed by atoms with Gasteiger partial charge in [0.2, 0.25) is 0 Å². The Kier molecular flexibility index (Phi) is 39.1. The van der Waals surface area contributed by atoms with E-state index < -0.39 is 5.97 Å². The zero-order chi connectivity index (χ0) is 35.7. The number of carbonyl (C=O) groups excluding carboxylic acids is 1. The normalized spacial score (nSPS) is 12.5. The van der Waals surface area contributed by atoms with Gasteiger partial charge in [0.15, 0.2) is 0 Å². The molecule has 0 aliphatic carbocycles. The van der Waals surface area contributed by atoms with Crippen LogP contribution >= 0.6 is 0 Å². The number of allylic oxidation sites excluding steroid dienone is 5. The Morgan fingerprint density at radius 3 is 1.33 bits per heavy atom. The van der Waals surface area contributed by atoms with Crippen molar-refractivity contribution in [3.05, 3.63) is 36.5 Å². The molecule has 0 heterocycles. The second kappa shape index (κ2) is 40.6. The van der Waals surface area contributed by atoms with Crippen LogP contribution in [-0.4, -0.2) is 23.1 Å². The highest BCUT2D eigenvalue weighted by molar-refractivity contribution is 5.69. The summed E-state index contributed by atoms with van der Waals surface area (Å²) >= 11 is 0. The summed E-state index contributed by atoms with van der Waals surface area (Å²) < 4.78 is 5.94. The zero-order valence-electron chi connectivity index (χ0n) is 32.8. The highest BCUT2D eigenvalue weighted by Crippen LogP contribution is 2.16. The zero-order valence-corrected chi connectivity index (χ0v) is 32.8. The second-order valence-electron chi connectivity index (χ2n) is 14.5. The van der Waals surface area contributed by atoms with Crippen molar-refractivity contribution in [2.45, 2.75) is 238 Å². The van der Waals surface area contributed by atoms with Crippen molar-refractivity contribution < 1.29 is 19.4 Å². The van der Waals surface area contributed by atoms with Crippen LogP contribution in [0.3, 0.4) is 0 Å². The average Bonchev–Trinajstić information content (AvgIpc) is 3.09. The van der Waals surface area contributed by atoms with E-state index in [9.17, 15) is 9.59 Å². The van der Waals surface area contributed by atoms with Gasteiger partial charge in [0.05, 0.1) is 0 Å². The van der Waals surface area contributed by atoms with E-state index in [1.54, 1.807) is 0 Å². The predicted octanol–water partition coefficient (Wildman–Crippen LogP) is 15.0. The van der Waals surface area contributed by atoms with E-state index >= 15 is 0 Å². The largest absolute Gasteiger partial charge is 0.481 e. The lowest BCUT2D eigenvalue weighted by Crippen LogP contribution is -2.16. The van der Waals surface area contributed by atoms with Gasteiger partial charge in [-0.1, -0.05) is 179 Å². The van der Waals surface area contributed by atoms with Crippen molar-refractivity contribution in [1.29, 1.82) is 0 Å². The van der Waals surface area contributed by atoms with Gasteiger partial charge in [0.1, 0.15) is 6.10 Å². The quantitative estimate of drug-likeness (QED) is 0.0397. The van der Waals surface area contributed by atoms with Crippen molar-refractivity contribution in [1.82, 2.24) is 0 Å². The molecule has 0 amide bonds. The Labute approximate surface area is 305 Å². The molecule has 0 aliphatic heterocycles. The molecule has 0 aliphatic rings. The van der Waals surface area contributed by atoms with Crippen molar-refractivity contribution in [3.63, 3.8) is 0 Å². The number of aliphatic carboxylic acids is 1. The van der Waals surface area contributed by atoms with Gasteiger partial charge in [-0.15, -0.1) is 0 Å². The SMILES string of the molecule is CCCCCCC/C=C\C/C=C\CCCCCCCCCCCC(=O)OC(/C=C\CCCCCCCCC)CCCCCCCCC(=O)O. The Morgan fingerprint density at radius 2 is 0.857 bits per heavy atom. The van der Waals surface area contributed by atoms with Crippen LogP contribution in [0.25, 0.3) is 0 Å². The number of carbonyl (C=O) groups is 2. The van der Waals surface area contributed by atoms with Gasteiger partial charge < -0.3 is 9.84 Å². The van der Waals surface area contributed by atoms with Crippen LogP contribution in [0.5, 0.6) is 0 Å². The molecule has 0 bridgehead atoms. The number of carboxylic acid groups (broad SMARTS) is 1. The monoisotopic (exact) mass is 687 g/mol. The van der Waals surface area contributed by atoms with Gasteiger partial charge >= 0.3 is 11.9 Å². The fourth-order valence-electron chi connectivity index (χ4n) is 6.36. The number of esters is 1. The smallest absolute Gasteiger partial charge is 0.306 e. The molecular formula is C45H82O4. The minimum atomic E-state index is -0.699. The highest BCUT2D eigenvalue weighted by Gasteiger charge is 2.11. The summed E-state index contributed by atoms with van der Waals surface area (Å²) in [6.07, 6.45) is 53.3. The van der Waals surface area contributed by atoms with Crippen LogP contribution in [-0.2, 0) is 14.3 Å². The highest BCUT2D eigenvalue weighted by atomic mass is 16.5. The van der Waals surface area contributed by atoms with Gasteiger partial charge in [-0.25, -0.2) is 0 Å². The summed E-state index contributed by atoms with van der Waals surface area (Å²) in [4.78, 5) is 23.3. The minimum absolute atomic E-state index is 0.0397. The van der Waals surface area contributed by atoms with Crippen LogP contribution in [0.2, 0.25) is 0 Å². The molecule has 286 valence electrons. The molecule has 0 radical (unpaired) electrons. The van der Waals surface area contributed by atoms with Gasteiger partial charge in [0, 0.05) is 12.8 Å². The van der Waals surface area contributed by atoms with E-state index in [4.69, 9.17) is 9.84 Å². The van der Waals surface area contributed by atoms with Crippen molar-refractivity contribution in [2.24, 2.45) is 0 Å². The Morgan fingerprint density at radius 1 is 0.469 bits per heavy atom. The van der Waals surface area contributed by atoms with Crippen molar-refractivity contribution in [3.8, 4) is 0 Å². The predicted molar refractivity (Wildman–Crippen MR) is 213 cm³/mol. The van der Waals surface area contributed by atoms with Gasteiger partial charge in [-0.2, -0.15) is 0 Å².